The number of nitrogens with one attached hydrogen (secondary N) is 1. The number of benzene rings is 1. The van der Waals surface area contributed by atoms with Crippen molar-refractivity contribution < 1.29 is 13.2 Å². The first-order chi connectivity index (χ1) is 14.3. The average Bonchev–Trinajstić information content (AvgIpc) is 3.16. The Labute approximate surface area is 174 Å². The SMILES string of the molecule is CC(=O)Nc1ccc(S(=O)(=O)N2CCN(c3c(C)c(C)nc4ncnn34)CC2)cc1. The van der Waals surface area contributed by atoms with Gasteiger partial charge in [0.15, 0.2) is 0 Å². The Morgan fingerprint density at radius 2 is 1.73 bits per heavy atom. The Hall–Kier alpha value is -3.05. The molecule has 158 valence electrons. The molecule has 0 bridgehead atoms. The van der Waals surface area contributed by atoms with E-state index in [1.165, 1.54) is 29.7 Å². The van der Waals surface area contributed by atoms with Crippen LogP contribution in [0.3, 0.4) is 0 Å². The maximum absolute atomic E-state index is 13.0. The number of carbonyl (C=O) groups excluding carboxylic acids is 1. The van der Waals surface area contributed by atoms with Gasteiger partial charge in [-0.15, -0.1) is 0 Å². The summed E-state index contributed by atoms with van der Waals surface area (Å²) in [5.74, 6) is 1.22. The first kappa shape index (κ1) is 20.2. The lowest BCUT2D eigenvalue weighted by Gasteiger charge is -2.36. The quantitative estimate of drug-likeness (QED) is 0.663. The van der Waals surface area contributed by atoms with E-state index < -0.39 is 10.0 Å². The fourth-order valence-electron chi connectivity index (χ4n) is 3.59. The number of rotatable bonds is 4. The van der Waals surface area contributed by atoms with E-state index in [1.54, 1.807) is 16.6 Å². The highest BCUT2D eigenvalue weighted by Crippen LogP contribution is 2.25. The van der Waals surface area contributed by atoms with Gasteiger partial charge < -0.3 is 10.2 Å². The molecule has 1 saturated heterocycles. The number of fused-ring (bicyclic) bond motifs is 1. The lowest BCUT2D eigenvalue weighted by Crippen LogP contribution is -2.49. The molecule has 1 amide bonds. The van der Waals surface area contributed by atoms with Gasteiger partial charge in [0.05, 0.1) is 4.90 Å². The molecule has 0 aliphatic carbocycles. The summed E-state index contributed by atoms with van der Waals surface area (Å²) in [6, 6.07) is 6.22. The molecule has 0 saturated carbocycles. The zero-order valence-electron chi connectivity index (χ0n) is 17.0. The molecule has 1 aliphatic rings. The van der Waals surface area contributed by atoms with Crippen molar-refractivity contribution in [3.63, 3.8) is 0 Å². The number of amides is 1. The molecule has 3 aromatic rings. The molecule has 10 nitrogen and oxygen atoms in total. The van der Waals surface area contributed by atoms with Crippen LogP contribution in [0.15, 0.2) is 35.5 Å². The number of anilines is 2. The van der Waals surface area contributed by atoms with E-state index in [0.717, 1.165) is 17.1 Å². The van der Waals surface area contributed by atoms with Crippen LogP contribution >= 0.6 is 0 Å². The summed E-state index contributed by atoms with van der Waals surface area (Å²) < 4.78 is 29.3. The van der Waals surface area contributed by atoms with E-state index >= 15 is 0 Å². The monoisotopic (exact) mass is 429 g/mol. The molecule has 0 spiro atoms. The fourth-order valence-corrected chi connectivity index (χ4v) is 5.01. The van der Waals surface area contributed by atoms with Crippen LogP contribution < -0.4 is 10.2 Å². The van der Waals surface area contributed by atoms with Crippen molar-refractivity contribution in [2.24, 2.45) is 0 Å². The van der Waals surface area contributed by atoms with Crippen LogP contribution in [0.25, 0.3) is 5.78 Å². The standard InChI is InChI=1S/C19H23N7O3S/c1-13-14(2)22-19-20-12-21-26(19)18(13)24-8-10-25(11-9-24)30(28,29)17-6-4-16(5-7-17)23-15(3)27/h4-7,12H,8-11H2,1-3H3,(H,23,27). The smallest absolute Gasteiger partial charge is 0.254 e. The van der Waals surface area contributed by atoms with Crippen molar-refractivity contribution in [2.45, 2.75) is 25.7 Å². The minimum atomic E-state index is -3.62. The van der Waals surface area contributed by atoms with E-state index in [1.807, 2.05) is 13.8 Å². The van der Waals surface area contributed by atoms with Gasteiger partial charge in [-0.25, -0.2) is 13.4 Å². The van der Waals surface area contributed by atoms with Gasteiger partial charge in [-0.3, -0.25) is 4.79 Å². The molecule has 4 rings (SSSR count). The van der Waals surface area contributed by atoms with Crippen LogP contribution in [0.4, 0.5) is 11.5 Å². The van der Waals surface area contributed by atoms with Gasteiger partial charge in [0, 0.05) is 50.0 Å². The first-order valence-electron chi connectivity index (χ1n) is 9.57. The maximum Gasteiger partial charge on any atom is 0.254 e. The van der Waals surface area contributed by atoms with E-state index in [0.29, 0.717) is 37.6 Å². The predicted molar refractivity (Wildman–Crippen MR) is 112 cm³/mol. The minimum Gasteiger partial charge on any atom is -0.354 e. The third-order valence-corrected chi connectivity index (χ3v) is 7.14. The molecule has 11 heteroatoms. The van der Waals surface area contributed by atoms with Crippen LogP contribution in [-0.4, -0.2) is 64.4 Å². The zero-order chi connectivity index (χ0) is 21.5. The Morgan fingerprint density at radius 1 is 1.07 bits per heavy atom. The van der Waals surface area contributed by atoms with Gasteiger partial charge in [0.2, 0.25) is 15.9 Å². The normalized spacial score (nSPS) is 15.5. The molecule has 0 radical (unpaired) electrons. The number of aromatic nitrogens is 4. The van der Waals surface area contributed by atoms with Gasteiger partial charge in [0.25, 0.3) is 5.78 Å². The number of piperazine rings is 1. The molecular formula is C19H23N7O3S. The average molecular weight is 430 g/mol. The first-order valence-corrected chi connectivity index (χ1v) is 11.0. The molecule has 1 aromatic carbocycles. The van der Waals surface area contributed by atoms with E-state index in [4.69, 9.17) is 0 Å². The van der Waals surface area contributed by atoms with Crippen LogP contribution in [0.1, 0.15) is 18.2 Å². The second-order valence-corrected chi connectivity index (χ2v) is 9.15. The van der Waals surface area contributed by atoms with Crippen molar-refractivity contribution in [1.29, 1.82) is 0 Å². The Kier molecular flexibility index (Phi) is 5.16. The minimum absolute atomic E-state index is 0.204. The van der Waals surface area contributed by atoms with Crippen molar-refractivity contribution >= 4 is 33.2 Å². The second kappa shape index (κ2) is 7.65. The third-order valence-electron chi connectivity index (χ3n) is 5.23. The lowest BCUT2D eigenvalue weighted by atomic mass is 10.2. The molecule has 3 heterocycles. The summed E-state index contributed by atoms with van der Waals surface area (Å²) in [7, 11) is -3.62. The van der Waals surface area contributed by atoms with Gasteiger partial charge >= 0.3 is 0 Å². The molecule has 30 heavy (non-hydrogen) atoms. The Morgan fingerprint density at radius 3 is 2.37 bits per heavy atom. The number of carbonyl (C=O) groups is 1. The Bertz CT molecular complexity index is 1200. The number of aryl methyl sites for hydroxylation is 1. The molecular weight excluding hydrogens is 406 g/mol. The summed E-state index contributed by atoms with van der Waals surface area (Å²) in [6.45, 7) is 7.09. The Balaban J connectivity index is 1.53. The highest BCUT2D eigenvalue weighted by atomic mass is 32.2. The second-order valence-electron chi connectivity index (χ2n) is 7.21. The topological polar surface area (TPSA) is 113 Å². The number of sulfonamides is 1. The third kappa shape index (κ3) is 3.61. The highest BCUT2D eigenvalue weighted by Gasteiger charge is 2.30. The molecule has 0 atom stereocenters. The largest absolute Gasteiger partial charge is 0.354 e. The van der Waals surface area contributed by atoms with Crippen molar-refractivity contribution in [2.75, 3.05) is 36.4 Å². The zero-order valence-corrected chi connectivity index (χ0v) is 17.8. The van der Waals surface area contributed by atoms with Crippen molar-refractivity contribution in [3.05, 3.63) is 41.9 Å². The van der Waals surface area contributed by atoms with Crippen LogP contribution in [0.2, 0.25) is 0 Å². The predicted octanol–water partition coefficient (Wildman–Crippen LogP) is 1.21. The molecule has 1 aliphatic heterocycles. The summed E-state index contributed by atoms with van der Waals surface area (Å²) in [5, 5.41) is 6.92. The lowest BCUT2D eigenvalue weighted by molar-refractivity contribution is -0.114. The van der Waals surface area contributed by atoms with Crippen molar-refractivity contribution in [1.82, 2.24) is 23.9 Å². The molecule has 1 N–H and O–H groups in total. The van der Waals surface area contributed by atoms with Gasteiger partial charge in [-0.05, 0) is 38.1 Å². The van der Waals surface area contributed by atoms with E-state index in [-0.39, 0.29) is 10.8 Å². The highest BCUT2D eigenvalue weighted by molar-refractivity contribution is 7.89. The number of nitrogens with zero attached hydrogens (tertiary/aromatic N) is 6. The summed E-state index contributed by atoms with van der Waals surface area (Å²) in [6.07, 6.45) is 1.47. The summed E-state index contributed by atoms with van der Waals surface area (Å²) in [5.41, 5.74) is 2.43. The number of hydrogen-bond acceptors (Lipinski definition) is 7. The van der Waals surface area contributed by atoms with E-state index in [9.17, 15) is 13.2 Å². The molecule has 0 unspecified atom stereocenters. The van der Waals surface area contributed by atoms with Gasteiger partial charge in [-0.1, -0.05) is 0 Å². The van der Waals surface area contributed by atoms with Crippen LogP contribution in [0.5, 0.6) is 0 Å². The number of hydrogen-bond donors (Lipinski definition) is 1. The molecule has 1 fully saturated rings. The molecule has 2 aromatic heterocycles. The summed E-state index contributed by atoms with van der Waals surface area (Å²) >= 11 is 0. The fraction of sp³-hybridized carbons (Fsp3) is 0.368. The van der Waals surface area contributed by atoms with Gasteiger partial charge in [-0.2, -0.15) is 18.9 Å². The van der Waals surface area contributed by atoms with Gasteiger partial charge in [0.1, 0.15) is 12.1 Å². The van der Waals surface area contributed by atoms with Crippen LogP contribution in [0, 0.1) is 13.8 Å². The summed E-state index contributed by atoms with van der Waals surface area (Å²) in [4.78, 5) is 22.1. The van der Waals surface area contributed by atoms with Crippen LogP contribution in [-0.2, 0) is 14.8 Å². The van der Waals surface area contributed by atoms with E-state index in [2.05, 4.69) is 25.3 Å². The van der Waals surface area contributed by atoms with Crippen molar-refractivity contribution in [3.8, 4) is 0 Å². The maximum atomic E-state index is 13.0.